The van der Waals surface area contributed by atoms with Gasteiger partial charge in [-0.1, -0.05) is 18.2 Å². The van der Waals surface area contributed by atoms with Gasteiger partial charge < -0.3 is 15.6 Å². The van der Waals surface area contributed by atoms with Crippen molar-refractivity contribution in [2.45, 2.75) is 19.9 Å². The van der Waals surface area contributed by atoms with Crippen LogP contribution in [0.15, 0.2) is 53.7 Å². The maximum atomic E-state index is 13.3. The predicted octanol–water partition coefficient (Wildman–Crippen LogP) is 4.13. The molecule has 1 aromatic heterocycles. The van der Waals surface area contributed by atoms with Crippen LogP contribution in [0.4, 0.5) is 10.1 Å². The Morgan fingerprint density at radius 2 is 2.00 bits per heavy atom. The molecule has 2 aromatic carbocycles. The van der Waals surface area contributed by atoms with Gasteiger partial charge in [0.05, 0.1) is 17.0 Å². The van der Waals surface area contributed by atoms with E-state index in [4.69, 9.17) is 0 Å². The summed E-state index contributed by atoms with van der Waals surface area (Å²) in [6.45, 7) is 3.46. The van der Waals surface area contributed by atoms with Crippen LogP contribution >= 0.6 is 24.0 Å². The third-order valence-electron chi connectivity index (χ3n) is 4.36. The molecule has 0 unspecified atom stereocenters. The average Bonchev–Trinajstić information content (AvgIpc) is 3.08. The molecule has 3 aromatic rings. The number of hydrogen-bond acceptors (Lipinski definition) is 3. The highest BCUT2D eigenvalue weighted by Gasteiger charge is 2.12. The highest BCUT2D eigenvalue weighted by atomic mass is 127. The third-order valence-corrected chi connectivity index (χ3v) is 4.36. The molecule has 0 fully saturated rings. The first-order chi connectivity index (χ1) is 13.6. The largest absolute Gasteiger partial charge is 0.361 e. The molecular weight excluding hydrogens is 488 g/mol. The first-order valence-corrected chi connectivity index (χ1v) is 9.08. The second kappa shape index (κ2) is 10.7. The van der Waals surface area contributed by atoms with Gasteiger partial charge in [0.2, 0.25) is 0 Å². The Morgan fingerprint density at radius 3 is 2.76 bits per heavy atom. The van der Waals surface area contributed by atoms with Gasteiger partial charge in [-0.3, -0.25) is 10.1 Å². The molecule has 0 spiro atoms. The Balaban J connectivity index is 0.00000300. The Morgan fingerprint density at radius 1 is 1.21 bits per heavy atom. The third kappa shape index (κ3) is 5.89. The van der Waals surface area contributed by atoms with Crippen LogP contribution in [0, 0.1) is 15.9 Å². The summed E-state index contributed by atoms with van der Waals surface area (Å²) in [4.78, 5) is 18.3. The number of benzene rings is 2. The number of rotatable bonds is 7. The summed E-state index contributed by atoms with van der Waals surface area (Å²) in [7, 11) is 0. The fourth-order valence-corrected chi connectivity index (χ4v) is 3.01. The molecule has 0 aliphatic carbocycles. The van der Waals surface area contributed by atoms with Gasteiger partial charge in [0.15, 0.2) is 5.96 Å². The van der Waals surface area contributed by atoms with Crippen molar-refractivity contribution >= 4 is 46.5 Å². The predicted molar refractivity (Wildman–Crippen MR) is 123 cm³/mol. The van der Waals surface area contributed by atoms with E-state index < -0.39 is 4.92 Å². The second-order valence-corrected chi connectivity index (χ2v) is 6.26. The molecule has 0 bridgehead atoms. The first-order valence-electron chi connectivity index (χ1n) is 9.08. The van der Waals surface area contributed by atoms with Gasteiger partial charge in [-0.2, -0.15) is 0 Å². The van der Waals surface area contributed by atoms with Crippen molar-refractivity contribution < 1.29 is 9.31 Å². The van der Waals surface area contributed by atoms with Crippen LogP contribution in [0.2, 0.25) is 0 Å². The van der Waals surface area contributed by atoms with Gasteiger partial charge in [-0.15, -0.1) is 24.0 Å². The number of H-pyrrole nitrogens is 1. The molecule has 3 N–H and O–H groups in total. The number of nitrogens with zero attached hydrogens (tertiary/aromatic N) is 2. The Hall–Kier alpha value is -2.69. The number of nitro benzene ring substituents is 1. The summed E-state index contributed by atoms with van der Waals surface area (Å²) in [6.07, 6.45) is 2.60. The van der Waals surface area contributed by atoms with Crippen molar-refractivity contribution in [1.29, 1.82) is 0 Å². The minimum atomic E-state index is -0.398. The molecule has 0 aliphatic rings. The highest BCUT2D eigenvalue weighted by molar-refractivity contribution is 14.0. The monoisotopic (exact) mass is 511 g/mol. The molecule has 3 rings (SSSR count). The Labute approximate surface area is 185 Å². The van der Waals surface area contributed by atoms with E-state index in [9.17, 15) is 14.5 Å². The zero-order valence-corrected chi connectivity index (χ0v) is 18.3. The summed E-state index contributed by atoms with van der Waals surface area (Å²) in [5.74, 6) is 0.321. The molecule has 0 amide bonds. The molecule has 29 heavy (non-hydrogen) atoms. The maximum Gasteiger partial charge on any atom is 0.274 e. The lowest BCUT2D eigenvalue weighted by atomic mass is 10.1. The number of halogens is 2. The van der Waals surface area contributed by atoms with Crippen molar-refractivity contribution in [2.75, 3.05) is 13.1 Å². The molecule has 0 radical (unpaired) electrons. The van der Waals surface area contributed by atoms with Crippen LogP contribution in [0.5, 0.6) is 0 Å². The van der Waals surface area contributed by atoms with Crippen LogP contribution in [-0.4, -0.2) is 29.0 Å². The number of aromatic nitrogens is 1. The van der Waals surface area contributed by atoms with Crippen LogP contribution in [0.3, 0.4) is 0 Å². The van der Waals surface area contributed by atoms with Crippen molar-refractivity contribution in [3.63, 3.8) is 0 Å². The fraction of sp³-hybridized carbons (Fsp3) is 0.250. The average molecular weight is 511 g/mol. The summed E-state index contributed by atoms with van der Waals surface area (Å²) >= 11 is 0. The first kappa shape index (κ1) is 22.6. The van der Waals surface area contributed by atoms with Crippen molar-refractivity contribution in [2.24, 2.45) is 4.99 Å². The van der Waals surface area contributed by atoms with E-state index in [0.29, 0.717) is 24.6 Å². The summed E-state index contributed by atoms with van der Waals surface area (Å²) < 4.78 is 13.3. The Kier molecular flexibility index (Phi) is 8.37. The smallest absolute Gasteiger partial charge is 0.274 e. The quantitative estimate of drug-likeness (QED) is 0.146. The number of nitro groups is 1. The fourth-order valence-electron chi connectivity index (χ4n) is 3.01. The van der Waals surface area contributed by atoms with E-state index in [1.54, 1.807) is 24.3 Å². The lowest BCUT2D eigenvalue weighted by molar-refractivity contribution is -0.385. The lowest BCUT2D eigenvalue weighted by Crippen LogP contribution is -2.38. The lowest BCUT2D eigenvalue weighted by Gasteiger charge is -2.11. The summed E-state index contributed by atoms with van der Waals surface area (Å²) in [6, 6.07) is 11.3. The zero-order valence-electron chi connectivity index (χ0n) is 15.9. The van der Waals surface area contributed by atoms with Crippen LogP contribution in [-0.2, 0) is 13.0 Å². The normalized spacial score (nSPS) is 11.2. The van der Waals surface area contributed by atoms with Crippen molar-refractivity contribution in [3.8, 4) is 0 Å². The zero-order chi connectivity index (χ0) is 19.9. The van der Waals surface area contributed by atoms with Gasteiger partial charge in [-0.05, 0) is 37.1 Å². The van der Waals surface area contributed by atoms with Crippen LogP contribution < -0.4 is 10.6 Å². The van der Waals surface area contributed by atoms with E-state index >= 15 is 0 Å². The van der Waals surface area contributed by atoms with E-state index in [-0.39, 0.29) is 42.0 Å². The molecular formula is C20H23FIN5O2. The highest BCUT2D eigenvalue weighted by Crippen LogP contribution is 2.20. The number of fused-ring (bicyclic) bond motifs is 1. The van der Waals surface area contributed by atoms with E-state index in [0.717, 1.165) is 22.9 Å². The van der Waals surface area contributed by atoms with Gasteiger partial charge in [0, 0.05) is 36.3 Å². The molecule has 7 nitrogen and oxygen atoms in total. The minimum absolute atomic E-state index is 0. The number of aromatic amines is 1. The molecule has 9 heteroatoms. The molecule has 0 atom stereocenters. The van der Waals surface area contributed by atoms with E-state index in [1.165, 1.54) is 18.2 Å². The SMILES string of the molecule is CCNC(=NCc1ccccc1[N+](=O)[O-])NCCc1c[nH]c2cc(F)ccc12.I. The van der Waals surface area contributed by atoms with Gasteiger partial charge in [0.1, 0.15) is 5.82 Å². The van der Waals surface area contributed by atoms with Crippen molar-refractivity contribution in [3.05, 3.63) is 75.7 Å². The van der Waals surface area contributed by atoms with Crippen molar-refractivity contribution in [1.82, 2.24) is 15.6 Å². The van der Waals surface area contributed by atoms with Gasteiger partial charge in [0.25, 0.3) is 5.69 Å². The maximum absolute atomic E-state index is 13.3. The number of para-hydroxylation sites is 1. The molecule has 154 valence electrons. The van der Waals surface area contributed by atoms with E-state index in [2.05, 4.69) is 20.6 Å². The number of aliphatic imine (C=N–C) groups is 1. The van der Waals surface area contributed by atoms with Crippen LogP contribution in [0.1, 0.15) is 18.1 Å². The second-order valence-electron chi connectivity index (χ2n) is 6.26. The number of guanidine groups is 1. The molecule has 1 heterocycles. The number of hydrogen-bond donors (Lipinski definition) is 3. The minimum Gasteiger partial charge on any atom is -0.361 e. The number of nitrogens with one attached hydrogen (secondary N) is 3. The molecule has 0 saturated carbocycles. The molecule has 0 saturated heterocycles. The summed E-state index contributed by atoms with van der Waals surface area (Å²) in [5.41, 5.74) is 2.47. The van der Waals surface area contributed by atoms with Gasteiger partial charge >= 0.3 is 0 Å². The Bertz CT molecular complexity index is 1010. The van der Waals surface area contributed by atoms with Gasteiger partial charge in [-0.25, -0.2) is 9.38 Å². The standard InChI is InChI=1S/C20H22FN5O2.HI/c1-2-22-20(25-13-15-5-3-4-6-19(15)26(27)28)23-10-9-14-12-24-18-11-16(21)7-8-17(14)18;/h3-8,11-12,24H,2,9-10,13H2,1H3,(H2,22,23,25);1H. The molecule has 0 aliphatic heterocycles. The van der Waals surface area contributed by atoms with Crippen LogP contribution in [0.25, 0.3) is 10.9 Å². The summed E-state index contributed by atoms with van der Waals surface area (Å²) in [5, 5.41) is 18.5. The van der Waals surface area contributed by atoms with E-state index in [1.807, 2.05) is 13.1 Å². The topological polar surface area (TPSA) is 95.3 Å².